The fourth-order valence-corrected chi connectivity index (χ4v) is 6.98. The van der Waals surface area contributed by atoms with E-state index in [0.29, 0.717) is 36.9 Å². The summed E-state index contributed by atoms with van der Waals surface area (Å²) in [5.74, 6) is 0.851. The predicted molar refractivity (Wildman–Crippen MR) is 168 cm³/mol. The first-order valence-electron chi connectivity index (χ1n) is 16.0. The van der Waals surface area contributed by atoms with Crippen LogP contribution in [0.4, 0.5) is 10.3 Å². The van der Waals surface area contributed by atoms with Crippen molar-refractivity contribution in [3.05, 3.63) is 82.9 Å². The summed E-state index contributed by atoms with van der Waals surface area (Å²) in [4.78, 5) is 42.3. The van der Waals surface area contributed by atoms with Gasteiger partial charge in [0.15, 0.2) is 0 Å². The van der Waals surface area contributed by atoms with Gasteiger partial charge in [-0.3, -0.25) is 9.59 Å². The molecule has 8 nitrogen and oxygen atoms in total. The minimum absolute atomic E-state index is 0.00290. The topological polar surface area (TPSA) is 78.9 Å². The van der Waals surface area contributed by atoms with Crippen LogP contribution in [0.15, 0.2) is 54.9 Å². The Hall–Kier alpha value is -4.01. The predicted octanol–water partition coefficient (Wildman–Crippen LogP) is 5.73. The van der Waals surface area contributed by atoms with Crippen LogP contribution < -0.4 is 9.64 Å². The number of amides is 2. The lowest BCUT2D eigenvalue weighted by Crippen LogP contribution is -2.48. The zero-order valence-electron chi connectivity index (χ0n) is 25.9. The second kappa shape index (κ2) is 12.9. The van der Waals surface area contributed by atoms with Crippen LogP contribution in [-0.4, -0.2) is 76.5 Å². The molecule has 0 N–H and O–H groups in total. The first kappa shape index (κ1) is 30.0. The third-order valence-electron chi connectivity index (χ3n) is 9.35. The number of carbonyl (C=O) groups is 2. The number of aryl methyl sites for hydroxylation is 1. The molecule has 0 saturated carbocycles. The van der Waals surface area contributed by atoms with E-state index in [-0.39, 0.29) is 35.4 Å². The molecule has 0 spiro atoms. The Labute approximate surface area is 259 Å². The summed E-state index contributed by atoms with van der Waals surface area (Å²) in [6, 6.07) is 12.4. The molecule has 3 saturated heterocycles. The monoisotopic (exact) mass is 599 g/mol. The molecule has 3 fully saturated rings. The van der Waals surface area contributed by atoms with Crippen molar-refractivity contribution in [1.29, 1.82) is 0 Å². The maximum atomic E-state index is 15.0. The normalized spacial score (nSPS) is 20.6. The summed E-state index contributed by atoms with van der Waals surface area (Å²) >= 11 is 0. The van der Waals surface area contributed by atoms with E-state index < -0.39 is 5.82 Å². The molecule has 6 rings (SSSR count). The number of fused-ring (bicyclic) bond motifs is 1. The van der Waals surface area contributed by atoms with E-state index in [1.807, 2.05) is 43.3 Å². The molecule has 4 heterocycles. The number of aromatic nitrogens is 2. The molecule has 3 aliphatic rings. The SMILES string of the molecule is CCc1cnc(N2CCC(c3cccc(C(=O)N4C[C@H]5CCCN(C(=O)c6ccc(OC(C)C)cc6F)[C@H]5C4)c3)CC2)nc1. The van der Waals surface area contributed by atoms with Crippen molar-refractivity contribution in [2.75, 3.05) is 37.6 Å². The van der Waals surface area contributed by atoms with Gasteiger partial charge in [-0.2, -0.15) is 0 Å². The molecule has 0 bridgehead atoms. The lowest BCUT2D eigenvalue weighted by Gasteiger charge is -2.37. The maximum Gasteiger partial charge on any atom is 0.257 e. The molecule has 44 heavy (non-hydrogen) atoms. The number of rotatable bonds is 7. The highest BCUT2D eigenvalue weighted by atomic mass is 19.1. The Morgan fingerprint density at radius 1 is 0.977 bits per heavy atom. The number of likely N-dealkylation sites (tertiary alicyclic amines) is 2. The van der Waals surface area contributed by atoms with Crippen molar-refractivity contribution < 1.29 is 18.7 Å². The van der Waals surface area contributed by atoms with Gasteiger partial charge in [-0.1, -0.05) is 19.1 Å². The number of carbonyl (C=O) groups excluding carboxylic acids is 2. The van der Waals surface area contributed by atoms with Gasteiger partial charge in [-0.25, -0.2) is 14.4 Å². The Bertz CT molecular complexity index is 1490. The van der Waals surface area contributed by atoms with Crippen LogP contribution in [0.1, 0.15) is 84.2 Å². The first-order chi connectivity index (χ1) is 21.3. The number of anilines is 1. The number of benzene rings is 2. The summed E-state index contributed by atoms with van der Waals surface area (Å²) in [5.41, 5.74) is 3.06. The Kier molecular flexibility index (Phi) is 8.82. The molecule has 0 aliphatic carbocycles. The third-order valence-corrected chi connectivity index (χ3v) is 9.35. The quantitative estimate of drug-likeness (QED) is 0.346. The molecule has 2 amide bonds. The van der Waals surface area contributed by atoms with Crippen LogP contribution in [-0.2, 0) is 6.42 Å². The van der Waals surface area contributed by atoms with Crippen LogP contribution >= 0.6 is 0 Å². The molecule has 1 aromatic heterocycles. The molecule has 232 valence electrons. The molecular formula is C35H42FN5O3. The largest absolute Gasteiger partial charge is 0.491 e. The van der Waals surface area contributed by atoms with Crippen LogP contribution in [0.25, 0.3) is 0 Å². The molecule has 3 aliphatic heterocycles. The zero-order valence-corrected chi connectivity index (χ0v) is 25.9. The van der Waals surface area contributed by atoms with Crippen LogP contribution in [0.5, 0.6) is 5.75 Å². The minimum Gasteiger partial charge on any atom is -0.491 e. The van der Waals surface area contributed by atoms with E-state index in [1.165, 1.54) is 17.7 Å². The van der Waals surface area contributed by atoms with Crippen molar-refractivity contribution in [3.8, 4) is 5.75 Å². The summed E-state index contributed by atoms with van der Waals surface area (Å²) in [6.07, 6.45) is 8.40. The van der Waals surface area contributed by atoms with Gasteiger partial charge in [0.25, 0.3) is 11.8 Å². The van der Waals surface area contributed by atoms with Gasteiger partial charge < -0.3 is 19.4 Å². The molecule has 2 aromatic carbocycles. The van der Waals surface area contributed by atoms with Crippen molar-refractivity contribution in [2.45, 2.75) is 70.9 Å². The lowest BCUT2D eigenvalue weighted by atomic mass is 9.88. The van der Waals surface area contributed by atoms with Gasteiger partial charge in [0.1, 0.15) is 11.6 Å². The highest BCUT2D eigenvalue weighted by molar-refractivity contribution is 5.96. The van der Waals surface area contributed by atoms with Crippen molar-refractivity contribution in [1.82, 2.24) is 19.8 Å². The van der Waals surface area contributed by atoms with E-state index in [1.54, 1.807) is 11.0 Å². The first-order valence-corrected chi connectivity index (χ1v) is 16.0. The second-order valence-corrected chi connectivity index (χ2v) is 12.6. The average Bonchev–Trinajstić information content (AvgIpc) is 3.49. The summed E-state index contributed by atoms with van der Waals surface area (Å²) in [6.45, 7) is 9.24. The number of hydrogen-bond donors (Lipinski definition) is 0. The highest BCUT2D eigenvalue weighted by Crippen LogP contribution is 2.34. The van der Waals surface area contributed by atoms with Crippen LogP contribution in [0, 0.1) is 11.7 Å². The highest BCUT2D eigenvalue weighted by Gasteiger charge is 2.43. The van der Waals surface area contributed by atoms with E-state index in [4.69, 9.17) is 4.74 Å². The number of halogens is 1. The number of hydrogen-bond acceptors (Lipinski definition) is 6. The number of ether oxygens (including phenoxy) is 1. The van der Waals surface area contributed by atoms with E-state index in [0.717, 1.165) is 56.7 Å². The molecule has 0 radical (unpaired) electrons. The van der Waals surface area contributed by atoms with E-state index in [9.17, 15) is 9.59 Å². The van der Waals surface area contributed by atoms with Crippen molar-refractivity contribution >= 4 is 17.8 Å². The van der Waals surface area contributed by atoms with E-state index >= 15 is 4.39 Å². The summed E-state index contributed by atoms with van der Waals surface area (Å²) in [5, 5.41) is 0. The average molecular weight is 600 g/mol. The Balaban J connectivity index is 1.10. The fraction of sp³-hybridized carbons (Fsp3) is 0.486. The molecule has 3 aromatic rings. The van der Waals surface area contributed by atoms with Crippen molar-refractivity contribution in [3.63, 3.8) is 0 Å². The molecule has 2 atom stereocenters. The molecule has 0 unspecified atom stereocenters. The lowest BCUT2D eigenvalue weighted by molar-refractivity contribution is 0.0559. The van der Waals surface area contributed by atoms with Gasteiger partial charge in [0, 0.05) is 56.7 Å². The van der Waals surface area contributed by atoms with E-state index in [2.05, 4.69) is 33.9 Å². The molecule has 9 heteroatoms. The summed E-state index contributed by atoms with van der Waals surface area (Å²) in [7, 11) is 0. The Morgan fingerprint density at radius 2 is 1.75 bits per heavy atom. The maximum absolute atomic E-state index is 15.0. The van der Waals surface area contributed by atoms with Gasteiger partial charge in [0.05, 0.1) is 17.7 Å². The number of piperidine rings is 2. The third kappa shape index (κ3) is 6.28. The van der Waals surface area contributed by atoms with Crippen molar-refractivity contribution in [2.24, 2.45) is 5.92 Å². The summed E-state index contributed by atoms with van der Waals surface area (Å²) < 4.78 is 20.6. The van der Waals surface area contributed by atoms with Gasteiger partial charge in [0.2, 0.25) is 5.95 Å². The smallest absolute Gasteiger partial charge is 0.257 e. The minimum atomic E-state index is -0.578. The van der Waals surface area contributed by atoms with Crippen LogP contribution in [0.3, 0.4) is 0 Å². The van der Waals surface area contributed by atoms with Gasteiger partial charge >= 0.3 is 0 Å². The van der Waals surface area contributed by atoms with Gasteiger partial charge in [-0.15, -0.1) is 0 Å². The van der Waals surface area contributed by atoms with Crippen LogP contribution in [0.2, 0.25) is 0 Å². The second-order valence-electron chi connectivity index (χ2n) is 12.6. The zero-order chi connectivity index (χ0) is 30.8. The standard InChI is InChI=1S/C35H42FN5O3/c1-4-24-19-37-35(38-20-24)39-15-12-25(13-16-39)26-7-5-8-27(17-26)33(42)40-21-28-9-6-14-41(32(28)22-40)34(43)30-11-10-29(18-31(30)36)44-23(2)3/h5,7-8,10-11,17-20,23,25,28,32H,4,6,9,12-16,21-22H2,1-3H3/t28-,32+/m1/s1. The fourth-order valence-electron chi connectivity index (χ4n) is 6.98. The Morgan fingerprint density at radius 3 is 2.45 bits per heavy atom. The number of nitrogens with zero attached hydrogens (tertiary/aromatic N) is 5. The van der Waals surface area contributed by atoms with Gasteiger partial charge in [-0.05, 0) is 93.2 Å². The molecular weight excluding hydrogens is 557 g/mol.